The zero-order valence-corrected chi connectivity index (χ0v) is 20.4. The summed E-state index contributed by atoms with van der Waals surface area (Å²) in [5, 5.41) is 9.50. The molecule has 0 radical (unpaired) electrons. The van der Waals surface area contributed by atoms with E-state index in [1.807, 2.05) is 24.3 Å². The van der Waals surface area contributed by atoms with Crippen molar-refractivity contribution in [3.63, 3.8) is 0 Å². The van der Waals surface area contributed by atoms with Crippen LogP contribution in [0.4, 0.5) is 0 Å². The van der Waals surface area contributed by atoms with Gasteiger partial charge in [0.25, 0.3) is 5.91 Å². The molecule has 0 spiro atoms. The first-order valence-electron chi connectivity index (χ1n) is 10.1. The average molecular weight is 517 g/mol. The molecule has 1 aromatic rings. The van der Waals surface area contributed by atoms with Gasteiger partial charge in [-0.25, -0.2) is 0 Å². The fourth-order valence-electron chi connectivity index (χ4n) is 3.46. The Morgan fingerprint density at radius 2 is 1.97 bits per heavy atom. The molecule has 0 saturated carbocycles. The summed E-state index contributed by atoms with van der Waals surface area (Å²) < 4.78 is 5.48. The van der Waals surface area contributed by atoms with Crippen molar-refractivity contribution >= 4 is 35.8 Å². The fraction of sp³-hybridized carbons (Fsp3) is 0.619. The molecule has 3 N–H and O–H groups in total. The van der Waals surface area contributed by atoms with Gasteiger partial charge in [-0.05, 0) is 30.0 Å². The Balaban J connectivity index is 0.00000420. The molecule has 8 heteroatoms. The molecule has 1 aliphatic heterocycles. The minimum Gasteiger partial charge on any atom is -0.379 e. The van der Waals surface area contributed by atoms with Gasteiger partial charge in [-0.1, -0.05) is 26.0 Å². The molecule has 164 valence electrons. The highest BCUT2D eigenvalue weighted by atomic mass is 127. The summed E-state index contributed by atoms with van der Waals surface area (Å²) in [4.78, 5) is 18.6. The van der Waals surface area contributed by atoms with Gasteiger partial charge in [0.15, 0.2) is 5.96 Å². The highest BCUT2D eigenvalue weighted by Crippen LogP contribution is 2.12. The van der Waals surface area contributed by atoms with Gasteiger partial charge in [0, 0.05) is 51.9 Å². The minimum absolute atomic E-state index is 0. The van der Waals surface area contributed by atoms with E-state index in [1.54, 1.807) is 14.1 Å². The molecular formula is C21H36IN5O2. The molecular weight excluding hydrogens is 481 g/mol. The van der Waals surface area contributed by atoms with Crippen LogP contribution in [-0.4, -0.2) is 76.3 Å². The summed E-state index contributed by atoms with van der Waals surface area (Å²) in [6.07, 6.45) is 0.822. The number of hydrogen-bond donors (Lipinski definition) is 3. The molecule has 1 saturated heterocycles. The fourth-order valence-corrected chi connectivity index (χ4v) is 3.46. The summed E-state index contributed by atoms with van der Waals surface area (Å²) >= 11 is 0. The van der Waals surface area contributed by atoms with Crippen LogP contribution in [0.5, 0.6) is 0 Å². The lowest BCUT2D eigenvalue weighted by Gasteiger charge is -2.37. The molecule has 1 amide bonds. The van der Waals surface area contributed by atoms with Crippen molar-refractivity contribution in [2.45, 2.75) is 26.3 Å². The summed E-state index contributed by atoms with van der Waals surface area (Å²) in [6, 6.07) is 8.17. The van der Waals surface area contributed by atoms with Gasteiger partial charge < -0.3 is 20.7 Å². The number of morpholine rings is 1. The van der Waals surface area contributed by atoms with Gasteiger partial charge in [0.2, 0.25) is 0 Å². The molecule has 29 heavy (non-hydrogen) atoms. The second-order valence-electron chi connectivity index (χ2n) is 7.37. The zero-order valence-electron chi connectivity index (χ0n) is 18.0. The Morgan fingerprint density at radius 1 is 1.24 bits per heavy atom. The van der Waals surface area contributed by atoms with Crippen molar-refractivity contribution in [3.05, 3.63) is 35.4 Å². The van der Waals surface area contributed by atoms with Crippen LogP contribution in [0, 0.1) is 5.92 Å². The van der Waals surface area contributed by atoms with E-state index in [2.05, 4.69) is 39.7 Å². The number of ether oxygens (including phenoxy) is 1. The first-order chi connectivity index (χ1) is 13.5. The molecule has 1 fully saturated rings. The van der Waals surface area contributed by atoms with E-state index in [9.17, 15) is 4.79 Å². The van der Waals surface area contributed by atoms with E-state index in [0.717, 1.165) is 57.3 Å². The Bertz CT molecular complexity index is 648. The SMILES string of the molecule is CN=C(NCCc1cccc(C(=O)NC)c1)NCC(C(C)C)N1CCOCC1.I. The number of carbonyl (C=O) groups is 1. The molecule has 2 rings (SSSR count). The number of guanidine groups is 1. The van der Waals surface area contributed by atoms with Crippen LogP contribution in [0.15, 0.2) is 29.3 Å². The summed E-state index contributed by atoms with van der Waals surface area (Å²) in [7, 11) is 3.44. The number of aliphatic imine (C=N–C) groups is 1. The lowest BCUT2D eigenvalue weighted by molar-refractivity contribution is 0.00752. The third-order valence-electron chi connectivity index (χ3n) is 5.11. The molecule has 0 aromatic heterocycles. The van der Waals surface area contributed by atoms with E-state index >= 15 is 0 Å². The highest BCUT2D eigenvalue weighted by Gasteiger charge is 2.23. The quantitative estimate of drug-likeness (QED) is 0.278. The van der Waals surface area contributed by atoms with E-state index in [4.69, 9.17) is 4.74 Å². The molecule has 1 heterocycles. The standard InChI is InChI=1S/C21H35N5O2.HI/c1-16(2)19(26-10-12-28-13-11-26)15-25-21(23-4)24-9-8-17-6-5-7-18(14-17)20(27)22-3;/h5-7,14,16,19H,8-13,15H2,1-4H3,(H,22,27)(H2,23,24,25);1H. The van der Waals surface area contributed by atoms with Gasteiger partial charge in [0.1, 0.15) is 0 Å². The molecule has 1 unspecified atom stereocenters. The number of hydrogen-bond acceptors (Lipinski definition) is 4. The second-order valence-corrected chi connectivity index (χ2v) is 7.37. The molecule has 7 nitrogen and oxygen atoms in total. The number of rotatable bonds is 8. The summed E-state index contributed by atoms with van der Waals surface area (Å²) in [6.45, 7) is 9.71. The number of nitrogens with zero attached hydrogens (tertiary/aromatic N) is 2. The number of carbonyl (C=O) groups excluding carboxylic acids is 1. The maximum atomic E-state index is 11.8. The van der Waals surface area contributed by atoms with Crippen molar-refractivity contribution in [1.29, 1.82) is 0 Å². The molecule has 0 aliphatic carbocycles. The van der Waals surface area contributed by atoms with Crippen molar-refractivity contribution in [2.75, 3.05) is 53.5 Å². The van der Waals surface area contributed by atoms with Gasteiger partial charge in [0.05, 0.1) is 13.2 Å². The van der Waals surface area contributed by atoms with Crippen molar-refractivity contribution in [1.82, 2.24) is 20.9 Å². The smallest absolute Gasteiger partial charge is 0.251 e. The predicted molar refractivity (Wildman–Crippen MR) is 129 cm³/mol. The predicted octanol–water partition coefficient (Wildman–Crippen LogP) is 1.73. The molecule has 1 aromatic carbocycles. The van der Waals surface area contributed by atoms with Crippen molar-refractivity contribution in [2.24, 2.45) is 10.9 Å². The molecule has 1 aliphatic rings. The van der Waals surface area contributed by atoms with Crippen LogP contribution in [0.3, 0.4) is 0 Å². The number of halogens is 1. The molecule has 1 atom stereocenters. The Labute approximate surface area is 192 Å². The summed E-state index contributed by atoms with van der Waals surface area (Å²) in [5.41, 5.74) is 1.81. The molecule has 0 bridgehead atoms. The third-order valence-corrected chi connectivity index (χ3v) is 5.11. The first-order valence-corrected chi connectivity index (χ1v) is 10.1. The van der Waals surface area contributed by atoms with Crippen LogP contribution >= 0.6 is 24.0 Å². The Hall–Kier alpha value is -1.39. The number of nitrogens with one attached hydrogen (secondary N) is 3. The third kappa shape index (κ3) is 8.47. The van der Waals surface area contributed by atoms with E-state index in [0.29, 0.717) is 17.5 Å². The minimum atomic E-state index is -0.0601. The monoisotopic (exact) mass is 517 g/mol. The van der Waals surface area contributed by atoms with Gasteiger partial charge >= 0.3 is 0 Å². The van der Waals surface area contributed by atoms with Crippen LogP contribution < -0.4 is 16.0 Å². The lowest BCUT2D eigenvalue weighted by atomic mass is 10.0. The van der Waals surface area contributed by atoms with E-state index < -0.39 is 0 Å². The first kappa shape index (κ1) is 25.6. The van der Waals surface area contributed by atoms with Crippen molar-refractivity contribution < 1.29 is 9.53 Å². The van der Waals surface area contributed by atoms with E-state index in [-0.39, 0.29) is 29.9 Å². The van der Waals surface area contributed by atoms with Crippen LogP contribution in [0.25, 0.3) is 0 Å². The lowest BCUT2D eigenvalue weighted by Crippen LogP contribution is -2.52. The Morgan fingerprint density at radius 3 is 2.59 bits per heavy atom. The van der Waals surface area contributed by atoms with Crippen LogP contribution in [0.1, 0.15) is 29.8 Å². The maximum absolute atomic E-state index is 11.8. The van der Waals surface area contributed by atoms with Gasteiger partial charge in [-0.3, -0.25) is 14.7 Å². The zero-order chi connectivity index (χ0) is 20.4. The van der Waals surface area contributed by atoms with Gasteiger partial charge in [-0.2, -0.15) is 0 Å². The van der Waals surface area contributed by atoms with Crippen molar-refractivity contribution in [3.8, 4) is 0 Å². The number of benzene rings is 1. The normalized spacial score (nSPS) is 16.1. The van der Waals surface area contributed by atoms with Crippen LogP contribution in [0.2, 0.25) is 0 Å². The largest absolute Gasteiger partial charge is 0.379 e. The maximum Gasteiger partial charge on any atom is 0.251 e. The summed E-state index contributed by atoms with van der Waals surface area (Å²) in [5.74, 6) is 1.30. The van der Waals surface area contributed by atoms with Crippen LogP contribution in [-0.2, 0) is 11.2 Å². The van der Waals surface area contributed by atoms with E-state index in [1.165, 1.54) is 0 Å². The second kappa shape index (κ2) is 13.8. The Kier molecular flexibility index (Phi) is 12.2. The average Bonchev–Trinajstić information content (AvgIpc) is 2.72. The van der Waals surface area contributed by atoms with Gasteiger partial charge in [-0.15, -0.1) is 24.0 Å². The topological polar surface area (TPSA) is 78.0 Å². The number of amides is 1. The highest BCUT2D eigenvalue weighted by molar-refractivity contribution is 14.0.